The minimum absolute atomic E-state index is 0.0769. The van der Waals surface area contributed by atoms with Crippen molar-refractivity contribution in [3.05, 3.63) is 24.3 Å². The van der Waals surface area contributed by atoms with Crippen LogP contribution in [0, 0.1) is 0 Å². The highest BCUT2D eigenvalue weighted by atomic mass is 32.2. The average molecular weight is 258 g/mol. The molecule has 1 aromatic rings. The SMILES string of the molecule is CS(=O)(=O)c1ccc(NCC(N)C(=O)O)cc1. The Morgan fingerprint density at radius 3 is 2.35 bits per heavy atom. The first-order valence-corrected chi connectivity index (χ1v) is 6.72. The van der Waals surface area contributed by atoms with E-state index in [0.717, 1.165) is 6.26 Å². The highest BCUT2D eigenvalue weighted by Crippen LogP contribution is 2.13. The van der Waals surface area contributed by atoms with Crippen molar-refractivity contribution in [1.29, 1.82) is 0 Å². The predicted molar refractivity (Wildman–Crippen MR) is 63.7 cm³/mol. The number of nitrogens with two attached hydrogens (primary N) is 1. The molecular weight excluding hydrogens is 244 g/mol. The lowest BCUT2D eigenvalue weighted by molar-refractivity contribution is -0.138. The normalized spacial score (nSPS) is 13.1. The topological polar surface area (TPSA) is 109 Å². The van der Waals surface area contributed by atoms with Crippen LogP contribution >= 0.6 is 0 Å². The largest absolute Gasteiger partial charge is 0.480 e. The number of rotatable bonds is 5. The van der Waals surface area contributed by atoms with Crippen LogP contribution < -0.4 is 11.1 Å². The molecule has 17 heavy (non-hydrogen) atoms. The summed E-state index contributed by atoms with van der Waals surface area (Å²) in [6, 6.07) is 5.02. The molecule has 1 aromatic carbocycles. The zero-order valence-corrected chi connectivity index (χ0v) is 10.1. The van der Waals surface area contributed by atoms with Crippen LogP contribution in [0.15, 0.2) is 29.2 Å². The van der Waals surface area contributed by atoms with Gasteiger partial charge in [0.1, 0.15) is 6.04 Å². The second-order valence-corrected chi connectivity index (χ2v) is 5.64. The number of sulfone groups is 1. The Morgan fingerprint density at radius 1 is 1.41 bits per heavy atom. The third-order valence-electron chi connectivity index (χ3n) is 2.13. The molecule has 0 saturated carbocycles. The highest BCUT2D eigenvalue weighted by molar-refractivity contribution is 7.90. The summed E-state index contributed by atoms with van der Waals surface area (Å²) in [6.45, 7) is 0.0769. The lowest BCUT2D eigenvalue weighted by Gasteiger charge is -2.09. The Morgan fingerprint density at radius 2 is 1.94 bits per heavy atom. The molecule has 0 heterocycles. The van der Waals surface area contributed by atoms with E-state index >= 15 is 0 Å². The molecule has 94 valence electrons. The van der Waals surface area contributed by atoms with Crippen molar-refractivity contribution in [2.75, 3.05) is 18.1 Å². The summed E-state index contributed by atoms with van der Waals surface area (Å²) in [4.78, 5) is 10.7. The van der Waals surface area contributed by atoms with Crippen LogP contribution in [0.3, 0.4) is 0 Å². The molecule has 4 N–H and O–H groups in total. The van der Waals surface area contributed by atoms with Gasteiger partial charge in [-0.2, -0.15) is 0 Å². The average Bonchev–Trinajstić information content (AvgIpc) is 2.25. The molecule has 0 radical (unpaired) electrons. The van der Waals surface area contributed by atoms with Crippen molar-refractivity contribution in [2.24, 2.45) is 5.73 Å². The van der Waals surface area contributed by atoms with E-state index in [0.29, 0.717) is 5.69 Å². The Labute approximate surface area is 99.4 Å². The lowest BCUT2D eigenvalue weighted by Crippen LogP contribution is -2.36. The van der Waals surface area contributed by atoms with E-state index in [2.05, 4.69) is 5.32 Å². The van der Waals surface area contributed by atoms with E-state index in [4.69, 9.17) is 10.8 Å². The number of carboxylic acid groups (broad SMARTS) is 1. The maximum atomic E-state index is 11.2. The molecule has 1 atom stereocenters. The molecule has 0 fully saturated rings. The molecule has 1 rings (SSSR count). The van der Waals surface area contributed by atoms with Crippen molar-refractivity contribution in [3.8, 4) is 0 Å². The van der Waals surface area contributed by atoms with Gasteiger partial charge < -0.3 is 16.2 Å². The van der Waals surface area contributed by atoms with Gasteiger partial charge in [-0.1, -0.05) is 0 Å². The monoisotopic (exact) mass is 258 g/mol. The third kappa shape index (κ3) is 4.04. The van der Waals surface area contributed by atoms with E-state index in [1.807, 2.05) is 0 Å². The second kappa shape index (κ2) is 5.15. The maximum absolute atomic E-state index is 11.2. The van der Waals surface area contributed by atoms with E-state index < -0.39 is 21.8 Å². The van der Waals surface area contributed by atoms with Gasteiger partial charge in [0.2, 0.25) is 0 Å². The van der Waals surface area contributed by atoms with Crippen LogP contribution in [0.25, 0.3) is 0 Å². The first kappa shape index (κ1) is 13.5. The van der Waals surface area contributed by atoms with Crippen molar-refractivity contribution >= 4 is 21.5 Å². The molecule has 6 nitrogen and oxygen atoms in total. The zero-order valence-electron chi connectivity index (χ0n) is 9.25. The van der Waals surface area contributed by atoms with Crippen LogP contribution in [0.2, 0.25) is 0 Å². The van der Waals surface area contributed by atoms with E-state index in [9.17, 15) is 13.2 Å². The Kier molecular flexibility index (Phi) is 4.08. The fourth-order valence-corrected chi connectivity index (χ4v) is 1.77. The highest BCUT2D eigenvalue weighted by Gasteiger charge is 2.11. The minimum Gasteiger partial charge on any atom is -0.480 e. The van der Waals surface area contributed by atoms with Gasteiger partial charge in [-0.3, -0.25) is 4.79 Å². The molecule has 0 spiro atoms. The van der Waals surface area contributed by atoms with Crippen molar-refractivity contribution in [1.82, 2.24) is 0 Å². The smallest absolute Gasteiger partial charge is 0.322 e. The zero-order chi connectivity index (χ0) is 13.1. The van der Waals surface area contributed by atoms with Crippen molar-refractivity contribution < 1.29 is 18.3 Å². The van der Waals surface area contributed by atoms with Gasteiger partial charge in [0, 0.05) is 18.5 Å². The molecule has 1 unspecified atom stereocenters. The molecule has 0 aromatic heterocycles. The first-order valence-electron chi connectivity index (χ1n) is 4.83. The number of carboxylic acids is 1. The molecule has 0 aliphatic rings. The Hall–Kier alpha value is -1.60. The molecule has 0 amide bonds. The quantitative estimate of drug-likeness (QED) is 0.681. The Balaban J connectivity index is 2.67. The first-order chi connectivity index (χ1) is 7.80. The number of hydrogen-bond donors (Lipinski definition) is 3. The lowest BCUT2D eigenvalue weighted by atomic mass is 10.3. The van der Waals surface area contributed by atoms with Gasteiger partial charge in [-0.15, -0.1) is 0 Å². The second-order valence-electron chi connectivity index (χ2n) is 3.62. The Bertz CT molecular complexity index is 496. The number of nitrogens with one attached hydrogen (secondary N) is 1. The van der Waals surface area contributed by atoms with E-state index in [1.54, 1.807) is 12.1 Å². The molecule has 0 bridgehead atoms. The maximum Gasteiger partial charge on any atom is 0.322 e. The molecule has 0 saturated heterocycles. The molecule has 7 heteroatoms. The van der Waals surface area contributed by atoms with Crippen LogP contribution in [0.4, 0.5) is 5.69 Å². The summed E-state index contributed by atoms with van der Waals surface area (Å²) in [5.41, 5.74) is 5.93. The van der Waals surface area contributed by atoms with Crippen molar-refractivity contribution in [3.63, 3.8) is 0 Å². The summed E-state index contributed by atoms with van der Waals surface area (Å²) in [5, 5.41) is 11.4. The summed E-state index contributed by atoms with van der Waals surface area (Å²) >= 11 is 0. The number of hydrogen-bond acceptors (Lipinski definition) is 5. The van der Waals surface area contributed by atoms with Crippen LogP contribution in [0.1, 0.15) is 0 Å². The standard InChI is InChI=1S/C10H14N2O4S/c1-17(15,16)8-4-2-7(3-5-8)12-6-9(11)10(13)14/h2-5,9,12H,6,11H2,1H3,(H,13,14). The summed E-state index contributed by atoms with van der Waals surface area (Å²) in [6.07, 6.45) is 1.12. The van der Waals surface area contributed by atoms with Crippen molar-refractivity contribution in [2.45, 2.75) is 10.9 Å². The van der Waals surface area contributed by atoms with Crippen LogP contribution in [0.5, 0.6) is 0 Å². The van der Waals surface area contributed by atoms with Gasteiger partial charge in [0.15, 0.2) is 9.84 Å². The van der Waals surface area contributed by atoms with Gasteiger partial charge in [0.05, 0.1) is 4.90 Å². The molecule has 0 aliphatic heterocycles. The molecular formula is C10H14N2O4S. The van der Waals surface area contributed by atoms with Gasteiger partial charge in [-0.25, -0.2) is 8.42 Å². The molecule has 0 aliphatic carbocycles. The number of anilines is 1. The third-order valence-corrected chi connectivity index (χ3v) is 3.25. The summed E-state index contributed by atoms with van der Waals surface area (Å²) < 4.78 is 22.4. The summed E-state index contributed by atoms with van der Waals surface area (Å²) in [7, 11) is -3.21. The fourth-order valence-electron chi connectivity index (χ4n) is 1.14. The minimum atomic E-state index is -3.21. The number of aliphatic carboxylic acids is 1. The van der Waals surface area contributed by atoms with E-state index in [-0.39, 0.29) is 11.4 Å². The van der Waals surface area contributed by atoms with Gasteiger partial charge >= 0.3 is 5.97 Å². The summed E-state index contributed by atoms with van der Waals surface area (Å²) in [5.74, 6) is -1.09. The number of carbonyl (C=O) groups is 1. The van der Waals surface area contributed by atoms with Gasteiger partial charge in [0.25, 0.3) is 0 Å². The number of benzene rings is 1. The van der Waals surface area contributed by atoms with Crippen LogP contribution in [-0.4, -0.2) is 38.3 Å². The van der Waals surface area contributed by atoms with E-state index in [1.165, 1.54) is 12.1 Å². The fraction of sp³-hybridized carbons (Fsp3) is 0.300. The van der Waals surface area contributed by atoms with Gasteiger partial charge in [-0.05, 0) is 24.3 Å². The predicted octanol–water partition coefficient (Wildman–Crippen LogP) is -0.0861. The van der Waals surface area contributed by atoms with Crippen LogP contribution in [-0.2, 0) is 14.6 Å².